The number of halogens is 2. The highest BCUT2D eigenvalue weighted by molar-refractivity contribution is 7.99. The Bertz CT molecular complexity index is 401. The minimum Gasteiger partial charge on any atom is -0.349 e. The van der Waals surface area contributed by atoms with Crippen LogP contribution in [-0.4, -0.2) is 30.2 Å². The van der Waals surface area contributed by atoms with E-state index in [1.54, 1.807) is 6.92 Å². The van der Waals surface area contributed by atoms with Gasteiger partial charge in [-0.25, -0.2) is 8.78 Å². The lowest BCUT2D eigenvalue weighted by Gasteiger charge is -2.17. The van der Waals surface area contributed by atoms with Crippen LogP contribution in [0.1, 0.15) is 12.5 Å². The molecule has 0 aliphatic rings. The van der Waals surface area contributed by atoms with Gasteiger partial charge in [0.15, 0.2) is 0 Å². The predicted octanol–water partition coefficient (Wildman–Crippen LogP) is 2.02. The first kappa shape index (κ1) is 15.9. The molecule has 0 fully saturated rings. The molecule has 0 aliphatic carbocycles. The van der Waals surface area contributed by atoms with E-state index in [4.69, 9.17) is 5.73 Å². The molecule has 19 heavy (non-hydrogen) atoms. The van der Waals surface area contributed by atoms with Gasteiger partial charge in [0.25, 0.3) is 5.92 Å². The van der Waals surface area contributed by atoms with E-state index < -0.39 is 24.9 Å². The molecular formula is C13H18F2N2OS. The van der Waals surface area contributed by atoms with Crippen molar-refractivity contribution in [3.8, 4) is 0 Å². The average Bonchev–Trinajstić information content (AvgIpc) is 2.43. The van der Waals surface area contributed by atoms with E-state index in [9.17, 15) is 13.6 Å². The Balaban J connectivity index is 2.33. The number of nitrogens with two attached hydrogens (primary N) is 1. The minimum atomic E-state index is -3.04. The molecule has 1 atom stereocenters. The van der Waals surface area contributed by atoms with Gasteiger partial charge < -0.3 is 11.1 Å². The van der Waals surface area contributed by atoms with E-state index in [0.717, 1.165) is 5.56 Å². The molecule has 0 radical (unpaired) electrons. The summed E-state index contributed by atoms with van der Waals surface area (Å²) in [6, 6.07) is 9.67. The van der Waals surface area contributed by atoms with Gasteiger partial charge in [-0.15, -0.1) is 11.8 Å². The number of thioether (sulfide) groups is 1. The summed E-state index contributed by atoms with van der Waals surface area (Å²) in [7, 11) is 0. The zero-order chi connectivity index (χ0) is 14.3. The topological polar surface area (TPSA) is 55.1 Å². The van der Waals surface area contributed by atoms with Gasteiger partial charge in [-0.1, -0.05) is 30.3 Å². The van der Waals surface area contributed by atoms with Crippen molar-refractivity contribution >= 4 is 17.7 Å². The van der Waals surface area contributed by atoms with E-state index in [2.05, 4.69) is 5.32 Å². The van der Waals surface area contributed by atoms with Gasteiger partial charge in [-0.05, 0) is 12.5 Å². The zero-order valence-corrected chi connectivity index (χ0v) is 11.6. The fraction of sp³-hybridized carbons (Fsp3) is 0.462. The van der Waals surface area contributed by atoms with Crippen molar-refractivity contribution in [2.75, 3.05) is 13.1 Å². The van der Waals surface area contributed by atoms with Crippen molar-refractivity contribution in [2.45, 2.75) is 23.8 Å². The normalized spacial score (nSPS) is 13.1. The summed E-state index contributed by atoms with van der Waals surface area (Å²) in [5.74, 6) is -2.77. The molecule has 0 aliphatic heterocycles. The molecule has 3 nitrogen and oxygen atoms in total. The van der Waals surface area contributed by atoms with Crippen LogP contribution in [0.25, 0.3) is 0 Å². The Kier molecular flexibility index (Phi) is 6.24. The molecule has 0 bridgehead atoms. The van der Waals surface area contributed by atoms with Crippen molar-refractivity contribution < 1.29 is 13.6 Å². The second kappa shape index (κ2) is 7.45. The van der Waals surface area contributed by atoms with Crippen LogP contribution in [0.4, 0.5) is 8.78 Å². The number of rotatable bonds is 7. The van der Waals surface area contributed by atoms with Gasteiger partial charge in [-0.3, -0.25) is 4.79 Å². The summed E-state index contributed by atoms with van der Waals surface area (Å²) in [4.78, 5) is 11.6. The lowest BCUT2D eigenvalue weighted by molar-refractivity contribution is -0.122. The Hall–Kier alpha value is -1.14. The van der Waals surface area contributed by atoms with Crippen molar-refractivity contribution in [3.63, 3.8) is 0 Å². The second-order valence-corrected chi connectivity index (χ2v) is 5.55. The quantitative estimate of drug-likeness (QED) is 0.807. The average molecular weight is 288 g/mol. The molecule has 1 aromatic rings. The number of hydrogen-bond donors (Lipinski definition) is 2. The third kappa shape index (κ3) is 6.02. The van der Waals surface area contributed by atoms with E-state index in [-0.39, 0.29) is 5.25 Å². The molecule has 1 unspecified atom stereocenters. The summed E-state index contributed by atoms with van der Waals surface area (Å²) < 4.78 is 25.8. The van der Waals surface area contributed by atoms with Crippen LogP contribution in [0, 0.1) is 0 Å². The molecule has 0 saturated heterocycles. The fourth-order valence-electron chi connectivity index (χ4n) is 1.30. The molecule has 6 heteroatoms. The molecular weight excluding hydrogens is 270 g/mol. The molecule has 0 spiro atoms. The maximum atomic E-state index is 12.9. The monoisotopic (exact) mass is 288 g/mol. The molecule has 106 valence electrons. The number of carbonyl (C=O) groups is 1. The summed E-state index contributed by atoms with van der Waals surface area (Å²) in [5.41, 5.74) is 5.99. The molecule has 1 rings (SSSR count). The van der Waals surface area contributed by atoms with Crippen LogP contribution in [0.5, 0.6) is 0 Å². The molecule has 0 aromatic heterocycles. The lowest BCUT2D eigenvalue weighted by atomic mass is 10.2. The molecule has 0 saturated carbocycles. The number of nitrogens with one attached hydrogen (secondary N) is 1. The van der Waals surface area contributed by atoms with Gasteiger partial charge in [0, 0.05) is 5.75 Å². The number of carbonyl (C=O) groups excluding carboxylic acids is 1. The lowest BCUT2D eigenvalue weighted by Crippen LogP contribution is -2.43. The van der Waals surface area contributed by atoms with E-state index in [1.807, 2.05) is 30.3 Å². The second-order valence-electron chi connectivity index (χ2n) is 4.22. The number of hydrogen-bond acceptors (Lipinski definition) is 3. The van der Waals surface area contributed by atoms with E-state index >= 15 is 0 Å². The smallest absolute Gasteiger partial charge is 0.277 e. The van der Waals surface area contributed by atoms with Crippen LogP contribution in [0.3, 0.4) is 0 Å². The van der Waals surface area contributed by atoms with Gasteiger partial charge in [0.2, 0.25) is 5.91 Å². The highest BCUT2D eigenvalue weighted by atomic mass is 32.2. The first-order valence-corrected chi connectivity index (χ1v) is 7.00. The minimum absolute atomic E-state index is 0.381. The number of amides is 1. The van der Waals surface area contributed by atoms with Crippen molar-refractivity contribution in [1.82, 2.24) is 5.32 Å². The molecule has 3 N–H and O–H groups in total. The van der Waals surface area contributed by atoms with Crippen LogP contribution in [0.15, 0.2) is 30.3 Å². The summed E-state index contributed by atoms with van der Waals surface area (Å²) in [6.45, 7) is 0.223. The first-order valence-electron chi connectivity index (χ1n) is 5.96. The Labute approximate surface area is 115 Å². The Morgan fingerprint density at radius 2 is 2.05 bits per heavy atom. The van der Waals surface area contributed by atoms with Gasteiger partial charge >= 0.3 is 0 Å². The predicted molar refractivity (Wildman–Crippen MR) is 74.2 cm³/mol. The van der Waals surface area contributed by atoms with Gasteiger partial charge in [0.05, 0.1) is 18.3 Å². The van der Waals surface area contributed by atoms with E-state index in [0.29, 0.717) is 5.75 Å². The van der Waals surface area contributed by atoms with Gasteiger partial charge in [0.1, 0.15) is 0 Å². The van der Waals surface area contributed by atoms with Crippen LogP contribution in [0.2, 0.25) is 0 Å². The molecule has 1 aromatic carbocycles. The van der Waals surface area contributed by atoms with Crippen molar-refractivity contribution in [1.29, 1.82) is 0 Å². The standard InChI is InChI=1S/C13H18F2N2OS/c1-10(12(18)17-9-13(14,15)8-16)19-7-11-5-3-2-4-6-11/h2-6,10H,7-9,16H2,1H3,(H,17,18). The largest absolute Gasteiger partial charge is 0.349 e. The summed E-state index contributed by atoms with van der Waals surface area (Å²) in [6.07, 6.45) is 0. The SMILES string of the molecule is CC(SCc1ccccc1)C(=O)NCC(F)(F)CN. The van der Waals surface area contributed by atoms with Crippen molar-refractivity contribution in [3.05, 3.63) is 35.9 Å². The third-order valence-electron chi connectivity index (χ3n) is 2.53. The Morgan fingerprint density at radius 3 is 2.63 bits per heavy atom. The van der Waals surface area contributed by atoms with E-state index in [1.165, 1.54) is 11.8 Å². The molecule has 0 heterocycles. The summed E-state index contributed by atoms with van der Waals surface area (Å²) >= 11 is 1.41. The maximum Gasteiger partial charge on any atom is 0.277 e. The van der Waals surface area contributed by atoms with Crippen LogP contribution >= 0.6 is 11.8 Å². The van der Waals surface area contributed by atoms with Crippen LogP contribution in [-0.2, 0) is 10.5 Å². The third-order valence-corrected chi connectivity index (χ3v) is 3.75. The number of benzene rings is 1. The highest BCUT2D eigenvalue weighted by Crippen LogP contribution is 2.18. The maximum absolute atomic E-state index is 12.9. The summed E-state index contributed by atoms with van der Waals surface area (Å²) in [5, 5.41) is 1.84. The highest BCUT2D eigenvalue weighted by Gasteiger charge is 2.28. The number of alkyl halides is 2. The van der Waals surface area contributed by atoms with Crippen LogP contribution < -0.4 is 11.1 Å². The molecule has 1 amide bonds. The van der Waals surface area contributed by atoms with Crippen molar-refractivity contribution in [2.24, 2.45) is 5.73 Å². The fourth-order valence-corrected chi connectivity index (χ4v) is 2.17. The Morgan fingerprint density at radius 1 is 1.42 bits per heavy atom. The van der Waals surface area contributed by atoms with Gasteiger partial charge in [-0.2, -0.15) is 0 Å². The zero-order valence-electron chi connectivity index (χ0n) is 10.7. The first-order chi connectivity index (χ1) is 8.94.